The predicted octanol–water partition coefficient (Wildman–Crippen LogP) is 0.812. The van der Waals surface area contributed by atoms with Crippen LogP contribution in [0.15, 0.2) is 23.1 Å². The van der Waals surface area contributed by atoms with Gasteiger partial charge in [0.2, 0.25) is 10.0 Å². The Kier molecular flexibility index (Phi) is 4.54. The molecule has 7 heteroatoms. The maximum Gasteiger partial charge on any atom is 0.321 e. The first kappa shape index (κ1) is 15.5. The summed E-state index contributed by atoms with van der Waals surface area (Å²) >= 11 is 0. The SMILES string of the molecule is Cc1ccc(S(=O)(=O)N[C@H](C)C(=O)O)cc1N(C)C. The number of benzene rings is 1. The second-order valence-electron chi connectivity index (χ2n) is 4.52. The molecule has 1 aromatic rings. The van der Waals surface area contributed by atoms with Gasteiger partial charge in [0.25, 0.3) is 0 Å². The van der Waals surface area contributed by atoms with Crippen LogP contribution in [0.25, 0.3) is 0 Å². The van der Waals surface area contributed by atoms with E-state index in [-0.39, 0.29) is 4.90 Å². The van der Waals surface area contributed by atoms with Gasteiger partial charge in [-0.3, -0.25) is 4.79 Å². The molecule has 0 spiro atoms. The molecule has 0 saturated carbocycles. The lowest BCUT2D eigenvalue weighted by Crippen LogP contribution is -2.38. The number of aliphatic carboxylic acids is 1. The number of aryl methyl sites for hydroxylation is 1. The second-order valence-corrected chi connectivity index (χ2v) is 6.24. The van der Waals surface area contributed by atoms with Crippen LogP contribution in [0.2, 0.25) is 0 Å². The van der Waals surface area contributed by atoms with Crippen molar-refractivity contribution in [3.63, 3.8) is 0 Å². The zero-order valence-corrected chi connectivity index (χ0v) is 12.2. The average Bonchev–Trinajstić information content (AvgIpc) is 2.27. The minimum Gasteiger partial charge on any atom is -0.480 e. The van der Waals surface area contributed by atoms with Gasteiger partial charge in [0.05, 0.1) is 4.90 Å². The van der Waals surface area contributed by atoms with Crippen LogP contribution < -0.4 is 9.62 Å². The fourth-order valence-electron chi connectivity index (χ4n) is 1.59. The lowest BCUT2D eigenvalue weighted by Gasteiger charge is -2.17. The smallest absolute Gasteiger partial charge is 0.321 e. The summed E-state index contributed by atoms with van der Waals surface area (Å²) in [5.41, 5.74) is 1.71. The summed E-state index contributed by atoms with van der Waals surface area (Å²) in [6.45, 7) is 3.15. The molecule has 6 nitrogen and oxygen atoms in total. The molecule has 1 aromatic carbocycles. The third kappa shape index (κ3) is 3.68. The van der Waals surface area contributed by atoms with Gasteiger partial charge >= 0.3 is 5.97 Å². The normalized spacial score (nSPS) is 13.1. The standard InChI is InChI=1S/C12H18N2O4S/c1-8-5-6-10(7-11(8)14(3)4)19(17,18)13-9(2)12(15)16/h5-7,9,13H,1-4H3,(H,15,16)/t9-/m1/s1. The fourth-order valence-corrected chi connectivity index (χ4v) is 2.81. The number of carboxylic acid groups (broad SMARTS) is 1. The molecular formula is C12H18N2O4S. The first-order valence-corrected chi connectivity index (χ1v) is 7.16. The molecule has 0 amide bonds. The zero-order valence-electron chi connectivity index (χ0n) is 11.3. The van der Waals surface area contributed by atoms with E-state index in [1.165, 1.54) is 19.1 Å². The van der Waals surface area contributed by atoms with Crippen molar-refractivity contribution in [1.82, 2.24) is 4.72 Å². The van der Waals surface area contributed by atoms with Gasteiger partial charge in [0.15, 0.2) is 0 Å². The Balaban J connectivity index is 3.16. The number of carboxylic acids is 1. The highest BCUT2D eigenvalue weighted by Crippen LogP contribution is 2.22. The lowest BCUT2D eigenvalue weighted by atomic mass is 10.2. The fraction of sp³-hybridized carbons (Fsp3) is 0.417. The van der Waals surface area contributed by atoms with E-state index >= 15 is 0 Å². The van der Waals surface area contributed by atoms with E-state index in [1.807, 2.05) is 21.0 Å². The average molecular weight is 286 g/mol. The molecular weight excluding hydrogens is 268 g/mol. The summed E-state index contributed by atoms with van der Waals surface area (Å²) in [5.74, 6) is -1.22. The monoisotopic (exact) mass is 286 g/mol. The highest BCUT2D eigenvalue weighted by Gasteiger charge is 2.22. The first-order chi connectivity index (χ1) is 8.65. The third-order valence-corrected chi connectivity index (χ3v) is 4.21. The molecule has 0 heterocycles. The third-order valence-electron chi connectivity index (χ3n) is 2.68. The summed E-state index contributed by atoms with van der Waals surface area (Å²) in [5, 5.41) is 8.74. The van der Waals surface area contributed by atoms with Crippen LogP contribution in [0.5, 0.6) is 0 Å². The molecule has 0 unspecified atom stereocenters. The Morgan fingerprint density at radius 1 is 1.37 bits per heavy atom. The Hall–Kier alpha value is -1.60. The van der Waals surface area contributed by atoms with Crippen molar-refractivity contribution >= 4 is 21.7 Å². The van der Waals surface area contributed by atoms with Crippen molar-refractivity contribution in [3.05, 3.63) is 23.8 Å². The summed E-state index contributed by atoms with van der Waals surface area (Å²) in [6, 6.07) is 3.50. The van der Waals surface area contributed by atoms with Gasteiger partial charge in [-0.25, -0.2) is 8.42 Å². The molecule has 0 fully saturated rings. The minimum absolute atomic E-state index is 0.0508. The summed E-state index contributed by atoms with van der Waals surface area (Å²) < 4.78 is 26.2. The van der Waals surface area contributed by atoms with Gasteiger partial charge in [-0.15, -0.1) is 0 Å². The molecule has 0 bridgehead atoms. The van der Waals surface area contributed by atoms with E-state index in [9.17, 15) is 13.2 Å². The largest absolute Gasteiger partial charge is 0.480 e. The van der Waals surface area contributed by atoms with Crippen molar-refractivity contribution < 1.29 is 18.3 Å². The van der Waals surface area contributed by atoms with E-state index < -0.39 is 22.0 Å². The molecule has 0 aromatic heterocycles. The van der Waals surface area contributed by atoms with Gasteiger partial charge < -0.3 is 10.0 Å². The van der Waals surface area contributed by atoms with E-state index in [1.54, 1.807) is 11.0 Å². The van der Waals surface area contributed by atoms with Crippen LogP contribution in [0, 0.1) is 6.92 Å². The van der Waals surface area contributed by atoms with Crippen molar-refractivity contribution in [2.24, 2.45) is 0 Å². The predicted molar refractivity (Wildman–Crippen MR) is 72.9 cm³/mol. The molecule has 106 valence electrons. The van der Waals surface area contributed by atoms with Crippen LogP contribution in [-0.4, -0.2) is 39.6 Å². The summed E-state index contributed by atoms with van der Waals surface area (Å²) in [4.78, 5) is 12.6. The summed E-state index contributed by atoms with van der Waals surface area (Å²) in [7, 11) is -0.212. The van der Waals surface area contributed by atoms with Gasteiger partial charge in [-0.05, 0) is 31.5 Å². The van der Waals surface area contributed by atoms with E-state index in [2.05, 4.69) is 4.72 Å². The number of carbonyl (C=O) groups is 1. The first-order valence-electron chi connectivity index (χ1n) is 5.68. The molecule has 0 aliphatic carbocycles. The maximum absolute atomic E-state index is 12.0. The van der Waals surface area contributed by atoms with Crippen LogP contribution in [-0.2, 0) is 14.8 Å². The number of sulfonamides is 1. The Morgan fingerprint density at radius 2 is 1.95 bits per heavy atom. The Bertz CT molecular complexity index is 581. The Morgan fingerprint density at radius 3 is 2.42 bits per heavy atom. The van der Waals surface area contributed by atoms with E-state index in [4.69, 9.17) is 5.11 Å². The molecule has 0 radical (unpaired) electrons. The van der Waals surface area contributed by atoms with Crippen molar-refractivity contribution in [1.29, 1.82) is 0 Å². The zero-order chi connectivity index (χ0) is 14.8. The molecule has 1 atom stereocenters. The number of nitrogens with one attached hydrogen (secondary N) is 1. The van der Waals surface area contributed by atoms with Gasteiger partial charge in [0.1, 0.15) is 6.04 Å². The van der Waals surface area contributed by atoms with Crippen LogP contribution in [0.3, 0.4) is 0 Å². The van der Waals surface area contributed by atoms with Crippen LogP contribution >= 0.6 is 0 Å². The number of nitrogens with zero attached hydrogens (tertiary/aromatic N) is 1. The van der Waals surface area contributed by atoms with E-state index in [0.29, 0.717) is 0 Å². The molecule has 2 N–H and O–H groups in total. The molecule has 1 rings (SSSR count). The second kappa shape index (κ2) is 5.58. The summed E-state index contributed by atoms with van der Waals surface area (Å²) in [6.07, 6.45) is 0. The molecule has 0 aliphatic rings. The number of hydrogen-bond donors (Lipinski definition) is 2. The highest BCUT2D eigenvalue weighted by atomic mass is 32.2. The van der Waals surface area contributed by atoms with Gasteiger partial charge in [-0.2, -0.15) is 4.72 Å². The van der Waals surface area contributed by atoms with Crippen LogP contribution in [0.4, 0.5) is 5.69 Å². The van der Waals surface area contributed by atoms with Crippen LogP contribution in [0.1, 0.15) is 12.5 Å². The molecule has 0 aliphatic heterocycles. The molecule has 0 saturated heterocycles. The quantitative estimate of drug-likeness (QED) is 0.836. The minimum atomic E-state index is -3.83. The van der Waals surface area contributed by atoms with Crippen molar-refractivity contribution in [2.45, 2.75) is 24.8 Å². The van der Waals surface area contributed by atoms with E-state index in [0.717, 1.165) is 11.3 Å². The number of rotatable bonds is 5. The number of anilines is 1. The maximum atomic E-state index is 12.0. The van der Waals surface area contributed by atoms with Crippen molar-refractivity contribution in [3.8, 4) is 0 Å². The Labute approximate surface area is 113 Å². The highest BCUT2D eigenvalue weighted by molar-refractivity contribution is 7.89. The topological polar surface area (TPSA) is 86.7 Å². The van der Waals surface area contributed by atoms with Crippen molar-refractivity contribution in [2.75, 3.05) is 19.0 Å². The molecule has 19 heavy (non-hydrogen) atoms. The van der Waals surface area contributed by atoms with Gasteiger partial charge in [0, 0.05) is 19.8 Å². The number of hydrogen-bond acceptors (Lipinski definition) is 4. The van der Waals surface area contributed by atoms with Gasteiger partial charge in [-0.1, -0.05) is 6.07 Å². The lowest BCUT2D eigenvalue weighted by molar-refractivity contribution is -0.138.